The van der Waals surface area contributed by atoms with Crippen molar-refractivity contribution in [1.82, 2.24) is 10.2 Å². The molecule has 2 N–H and O–H groups in total. The molecular formula is C15H28N2O3. The van der Waals surface area contributed by atoms with Crippen LogP contribution < -0.4 is 5.32 Å². The Kier molecular flexibility index (Phi) is 5.84. The van der Waals surface area contributed by atoms with Crippen LogP contribution in [0.3, 0.4) is 0 Å². The third kappa shape index (κ3) is 5.02. The van der Waals surface area contributed by atoms with Gasteiger partial charge in [-0.25, -0.2) is 4.79 Å². The van der Waals surface area contributed by atoms with Crippen LogP contribution in [0, 0.1) is 11.3 Å². The summed E-state index contributed by atoms with van der Waals surface area (Å²) < 4.78 is 0. The lowest BCUT2D eigenvalue weighted by atomic mass is 9.85. The van der Waals surface area contributed by atoms with Gasteiger partial charge in [-0.15, -0.1) is 0 Å². The minimum Gasteiger partial charge on any atom is -0.481 e. The first-order valence-corrected chi connectivity index (χ1v) is 7.51. The standard InChI is InChI=1S/C15H28N2O3/c1-5-11-7-6-8-17(10-11)14(20)16-12(9-13(18)19)15(2,3)4/h11-12H,5-10H2,1-4H3,(H,16,20)(H,18,19). The molecule has 0 bridgehead atoms. The van der Waals surface area contributed by atoms with Gasteiger partial charge in [0.25, 0.3) is 0 Å². The summed E-state index contributed by atoms with van der Waals surface area (Å²) in [5.74, 6) is -0.308. The SMILES string of the molecule is CCC1CCCN(C(=O)NC(CC(=O)O)C(C)(C)C)C1. The van der Waals surface area contributed by atoms with Crippen molar-refractivity contribution in [2.24, 2.45) is 11.3 Å². The zero-order chi connectivity index (χ0) is 15.3. The first-order valence-electron chi connectivity index (χ1n) is 7.51. The van der Waals surface area contributed by atoms with Crippen molar-refractivity contribution < 1.29 is 14.7 Å². The van der Waals surface area contributed by atoms with Crippen LogP contribution in [0.5, 0.6) is 0 Å². The van der Waals surface area contributed by atoms with Crippen LogP contribution in [0.4, 0.5) is 4.79 Å². The minimum absolute atomic E-state index is 0.0414. The predicted octanol–water partition coefficient (Wildman–Crippen LogP) is 2.71. The number of rotatable bonds is 4. The number of urea groups is 1. The molecule has 1 aliphatic heterocycles. The lowest BCUT2D eigenvalue weighted by Gasteiger charge is -2.36. The fraction of sp³-hybridized carbons (Fsp3) is 0.867. The lowest BCUT2D eigenvalue weighted by molar-refractivity contribution is -0.138. The van der Waals surface area contributed by atoms with E-state index in [4.69, 9.17) is 5.11 Å². The maximum absolute atomic E-state index is 12.3. The molecule has 5 heteroatoms. The van der Waals surface area contributed by atoms with Crippen LogP contribution in [0.25, 0.3) is 0 Å². The molecule has 5 nitrogen and oxygen atoms in total. The smallest absolute Gasteiger partial charge is 0.317 e. The van der Waals surface area contributed by atoms with E-state index in [1.807, 2.05) is 25.7 Å². The number of piperidine rings is 1. The van der Waals surface area contributed by atoms with E-state index in [0.29, 0.717) is 5.92 Å². The van der Waals surface area contributed by atoms with Crippen LogP contribution >= 0.6 is 0 Å². The van der Waals surface area contributed by atoms with E-state index in [-0.39, 0.29) is 23.9 Å². The molecule has 1 heterocycles. The van der Waals surface area contributed by atoms with Crippen molar-refractivity contribution in [3.05, 3.63) is 0 Å². The summed E-state index contributed by atoms with van der Waals surface area (Å²) in [4.78, 5) is 25.1. The fourth-order valence-corrected chi connectivity index (χ4v) is 2.57. The van der Waals surface area contributed by atoms with Crippen molar-refractivity contribution in [2.75, 3.05) is 13.1 Å². The summed E-state index contributed by atoms with van der Waals surface area (Å²) in [6, 6.07) is -0.473. The van der Waals surface area contributed by atoms with Crippen molar-refractivity contribution in [1.29, 1.82) is 0 Å². The van der Waals surface area contributed by atoms with Crippen molar-refractivity contribution in [3.63, 3.8) is 0 Å². The monoisotopic (exact) mass is 284 g/mol. The average Bonchev–Trinajstić information content (AvgIpc) is 2.36. The van der Waals surface area contributed by atoms with E-state index in [1.165, 1.54) is 6.42 Å². The number of nitrogens with one attached hydrogen (secondary N) is 1. The number of hydrogen-bond donors (Lipinski definition) is 2. The normalized spacial score (nSPS) is 21.4. The molecule has 20 heavy (non-hydrogen) atoms. The quantitative estimate of drug-likeness (QED) is 0.834. The number of hydrogen-bond acceptors (Lipinski definition) is 2. The van der Waals surface area contributed by atoms with Crippen molar-refractivity contribution >= 4 is 12.0 Å². The molecule has 116 valence electrons. The van der Waals surface area contributed by atoms with E-state index < -0.39 is 5.97 Å². The van der Waals surface area contributed by atoms with Gasteiger partial charge in [0.2, 0.25) is 0 Å². The van der Waals surface area contributed by atoms with Gasteiger partial charge < -0.3 is 15.3 Å². The molecule has 0 aromatic heterocycles. The number of carbonyl (C=O) groups is 2. The average molecular weight is 284 g/mol. The Morgan fingerprint density at radius 1 is 1.40 bits per heavy atom. The Morgan fingerprint density at radius 3 is 2.55 bits per heavy atom. The molecule has 1 saturated heterocycles. The number of amides is 2. The number of carboxylic acid groups (broad SMARTS) is 1. The van der Waals surface area contributed by atoms with Crippen LogP contribution in [0.15, 0.2) is 0 Å². The predicted molar refractivity (Wildman–Crippen MR) is 78.6 cm³/mol. The summed E-state index contributed by atoms with van der Waals surface area (Å²) in [5, 5.41) is 11.9. The van der Waals surface area contributed by atoms with E-state index in [1.54, 1.807) is 0 Å². The molecule has 1 rings (SSSR count). The van der Waals surface area contributed by atoms with Crippen molar-refractivity contribution in [3.8, 4) is 0 Å². The number of carbonyl (C=O) groups excluding carboxylic acids is 1. The Bertz CT molecular complexity index is 350. The van der Waals surface area contributed by atoms with Crippen LogP contribution in [0.1, 0.15) is 53.4 Å². The van der Waals surface area contributed by atoms with Gasteiger partial charge in [-0.2, -0.15) is 0 Å². The third-order valence-electron chi connectivity index (χ3n) is 4.11. The molecule has 0 aliphatic carbocycles. The van der Waals surface area contributed by atoms with Gasteiger partial charge in [-0.05, 0) is 24.2 Å². The summed E-state index contributed by atoms with van der Waals surface area (Å²) in [6.07, 6.45) is 3.25. The molecule has 1 aliphatic rings. The molecule has 2 unspecified atom stereocenters. The van der Waals surface area contributed by atoms with E-state index >= 15 is 0 Å². The molecule has 0 aromatic carbocycles. The highest BCUT2D eigenvalue weighted by molar-refractivity contribution is 5.76. The fourth-order valence-electron chi connectivity index (χ4n) is 2.57. The maximum atomic E-state index is 12.3. The van der Waals surface area contributed by atoms with Gasteiger partial charge in [0, 0.05) is 19.1 Å². The molecule has 0 radical (unpaired) electrons. The van der Waals surface area contributed by atoms with Gasteiger partial charge in [0.05, 0.1) is 6.42 Å². The molecule has 0 aromatic rings. The molecule has 2 atom stereocenters. The first-order chi connectivity index (χ1) is 9.24. The molecule has 0 spiro atoms. The lowest BCUT2D eigenvalue weighted by Crippen LogP contribution is -2.52. The van der Waals surface area contributed by atoms with Gasteiger partial charge in [-0.1, -0.05) is 34.1 Å². The zero-order valence-corrected chi connectivity index (χ0v) is 13.1. The van der Waals surface area contributed by atoms with Gasteiger partial charge >= 0.3 is 12.0 Å². The zero-order valence-electron chi connectivity index (χ0n) is 13.1. The van der Waals surface area contributed by atoms with Crippen LogP contribution in [-0.4, -0.2) is 41.1 Å². The number of aliphatic carboxylic acids is 1. The third-order valence-corrected chi connectivity index (χ3v) is 4.11. The van der Waals surface area contributed by atoms with Crippen LogP contribution in [0.2, 0.25) is 0 Å². The van der Waals surface area contributed by atoms with Gasteiger partial charge in [0.1, 0.15) is 0 Å². The second-order valence-corrected chi connectivity index (χ2v) is 6.83. The first kappa shape index (κ1) is 16.8. The Hall–Kier alpha value is -1.26. The topological polar surface area (TPSA) is 69.6 Å². The summed E-state index contributed by atoms with van der Waals surface area (Å²) in [5.41, 5.74) is -0.270. The van der Waals surface area contributed by atoms with Gasteiger partial charge in [-0.3, -0.25) is 4.79 Å². The Morgan fingerprint density at radius 2 is 2.05 bits per heavy atom. The van der Waals surface area contributed by atoms with E-state index in [9.17, 15) is 9.59 Å². The van der Waals surface area contributed by atoms with E-state index in [0.717, 1.165) is 25.9 Å². The number of carboxylic acids is 1. The Labute approximate surface area is 121 Å². The molecule has 1 fully saturated rings. The Balaban J connectivity index is 2.63. The number of nitrogens with zero attached hydrogens (tertiary/aromatic N) is 1. The second kappa shape index (κ2) is 6.95. The molecule has 0 saturated carbocycles. The molecular weight excluding hydrogens is 256 g/mol. The molecule has 2 amide bonds. The maximum Gasteiger partial charge on any atom is 0.317 e. The minimum atomic E-state index is -0.879. The highest BCUT2D eigenvalue weighted by Crippen LogP contribution is 2.23. The summed E-state index contributed by atoms with van der Waals surface area (Å²) >= 11 is 0. The summed E-state index contributed by atoms with van der Waals surface area (Å²) in [7, 11) is 0. The largest absolute Gasteiger partial charge is 0.481 e. The van der Waals surface area contributed by atoms with Crippen LogP contribution in [-0.2, 0) is 4.79 Å². The number of likely N-dealkylation sites (tertiary alicyclic amines) is 1. The highest BCUT2D eigenvalue weighted by Gasteiger charge is 2.31. The van der Waals surface area contributed by atoms with Crippen molar-refractivity contribution in [2.45, 2.75) is 59.4 Å². The highest BCUT2D eigenvalue weighted by atomic mass is 16.4. The van der Waals surface area contributed by atoms with Gasteiger partial charge in [0.15, 0.2) is 0 Å². The summed E-state index contributed by atoms with van der Waals surface area (Å²) in [6.45, 7) is 9.55. The second-order valence-electron chi connectivity index (χ2n) is 6.83. The van der Waals surface area contributed by atoms with E-state index in [2.05, 4.69) is 12.2 Å².